The third kappa shape index (κ3) is 5.49. The lowest BCUT2D eigenvalue weighted by Gasteiger charge is -2.44. The molecule has 0 aliphatic carbocycles. The van der Waals surface area contributed by atoms with Crippen LogP contribution in [0.3, 0.4) is 0 Å². The van der Waals surface area contributed by atoms with E-state index in [1.165, 1.54) is 4.68 Å². The molecule has 2 aromatic carbocycles. The van der Waals surface area contributed by atoms with Crippen molar-refractivity contribution in [2.45, 2.75) is 39.4 Å². The molecule has 10 nitrogen and oxygen atoms in total. The van der Waals surface area contributed by atoms with Crippen LogP contribution >= 0.6 is 34.8 Å². The Morgan fingerprint density at radius 1 is 1.05 bits per heavy atom. The van der Waals surface area contributed by atoms with Crippen LogP contribution in [0.1, 0.15) is 35.6 Å². The van der Waals surface area contributed by atoms with Gasteiger partial charge >= 0.3 is 0 Å². The molecule has 1 aliphatic heterocycles. The summed E-state index contributed by atoms with van der Waals surface area (Å²) in [5, 5.41) is 9.69. The Morgan fingerprint density at radius 3 is 2.41 bits per heavy atom. The molecular weight excluding hydrogens is 589 g/mol. The fourth-order valence-electron chi connectivity index (χ4n) is 5.34. The Kier molecular flexibility index (Phi) is 8.20. The van der Waals surface area contributed by atoms with Crippen LogP contribution in [-0.4, -0.2) is 72.3 Å². The fourth-order valence-corrected chi connectivity index (χ4v) is 5.97. The molecular formula is C28H30Cl3N7O3. The smallest absolute Gasteiger partial charge is 0.284 e. The summed E-state index contributed by atoms with van der Waals surface area (Å²) in [6.07, 6.45) is 1.80. The molecule has 1 saturated heterocycles. The molecule has 41 heavy (non-hydrogen) atoms. The van der Waals surface area contributed by atoms with Crippen LogP contribution in [0.25, 0.3) is 11.4 Å². The van der Waals surface area contributed by atoms with Crippen molar-refractivity contribution >= 4 is 40.7 Å². The van der Waals surface area contributed by atoms with E-state index in [1.807, 2.05) is 18.2 Å². The van der Waals surface area contributed by atoms with E-state index < -0.39 is 0 Å². The first-order valence-electron chi connectivity index (χ1n) is 13.0. The molecule has 13 heteroatoms. The highest BCUT2D eigenvalue weighted by molar-refractivity contribution is 6.43. The molecule has 2 aromatic heterocycles. The predicted molar refractivity (Wildman–Crippen MR) is 159 cm³/mol. The van der Waals surface area contributed by atoms with Gasteiger partial charge in [0.2, 0.25) is 0 Å². The zero-order valence-corrected chi connectivity index (χ0v) is 25.6. The molecule has 0 radical (unpaired) electrons. The summed E-state index contributed by atoms with van der Waals surface area (Å²) in [4.78, 5) is 31.3. The van der Waals surface area contributed by atoms with Crippen LogP contribution in [0.2, 0.25) is 15.1 Å². The van der Waals surface area contributed by atoms with Crippen LogP contribution in [-0.2, 0) is 13.6 Å². The van der Waals surface area contributed by atoms with E-state index in [9.17, 15) is 9.59 Å². The van der Waals surface area contributed by atoms with Gasteiger partial charge in [-0.05, 0) is 45.0 Å². The Hall–Kier alpha value is -3.31. The lowest BCUT2D eigenvalue weighted by molar-refractivity contribution is 0.0263. The molecule has 216 valence electrons. The van der Waals surface area contributed by atoms with Gasteiger partial charge in [0.05, 0.1) is 51.1 Å². The Balaban J connectivity index is 1.33. The number of carbonyl (C=O) groups excluding carboxylic acids is 1. The van der Waals surface area contributed by atoms with E-state index in [1.54, 1.807) is 59.7 Å². The summed E-state index contributed by atoms with van der Waals surface area (Å²) in [5.41, 5.74) is 2.36. The maximum atomic E-state index is 13.8. The van der Waals surface area contributed by atoms with Gasteiger partial charge in [0.25, 0.3) is 11.5 Å². The molecule has 0 spiro atoms. The molecule has 1 aliphatic rings. The summed E-state index contributed by atoms with van der Waals surface area (Å²) in [7, 11) is 3.34. The second kappa shape index (κ2) is 11.5. The number of ether oxygens (including phenoxy) is 1. The van der Waals surface area contributed by atoms with E-state index in [-0.39, 0.29) is 29.1 Å². The van der Waals surface area contributed by atoms with Crippen molar-refractivity contribution in [3.63, 3.8) is 0 Å². The summed E-state index contributed by atoms with van der Waals surface area (Å²) in [5.74, 6) is 0.350. The van der Waals surface area contributed by atoms with Crippen molar-refractivity contribution in [2.24, 2.45) is 7.05 Å². The third-order valence-corrected chi connectivity index (χ3v) is 8.60. The second-order valence-electron chi connectivity index (χ2n) is 10.3. The van der Waals surface area contributed by atoms with Gasteiger partial charge in [-0.2, -0.15) is 0 Å². The van der Waals surface area contributed by atoms with Crippen molar-refractivity contribution in [3.05, 3.63) is 85.0 Å². The maximum Gasteiger partial charge on any atom is 0.284 e. The predicted octanol–water partition coefficient (Wildman–Crippen LogP) is 4.77. The van der Waals surface area contributed by atoms with Crippen LogP contribution < -0.4 is 10.3 Å². The minimum Gasteiger partial charge on any atom is -0.497 e. The fraction of sp³-hybridized carbons (Fsp3) is 0.357. The van der Waals surface area contributed by atoms with Gasteiger partial charge in [-0.1, -0.05) is 46.1 Å². The molecule has 0 saturated carbocycles. The molecule has 3 heterocycles. The van der Waals surface area contributed by atoms with Crippen LogP contribution in [0.4, 0.5) is 0 Å². The number of methoxy groups -OCH3 is 1. The van der Waals surface area contributed by atoms with Gasteiger partial charge in [-0.15, -0.1) is 5.10 Å². The van der Waals surface area contributed by atoms with Crippen LogP contribution in [0.15, 0.2) is 47.4 Å². The molecule has 2 atom stereocenters. The Morgan fingerprint density at radius 2 is 1.73 bits per heavy atom. The van der Waals surface area contributed by atoms with Gasteiger partial charge in [-0.25, -0.2) is 9.36 Å². The highest BCUT2D eigenvalue weighted by Gasteiger charge is 2.35. The Labute approximate surface area is 252 Å². The number of benzene rings is 2. The van der Waals surface area contributed by atoms with Gasteiger partial charge in [0.1, 0.15) is 11.3 Å². The lowest BCUT2D eigenvalue weighted by atomic mass is 10.1. The number of hydrogen-bond donors (Lipinski definition) is 0. The standard InChI is InChI=1S/C28H30Cl3N7O3/c1-16-12-35(27(39)26-18(3)34(4)38(28(26)40)20-7-6-8-21(9-20)41-5)13-17(2)36(16)14-19-15-37(33-32-19)25-11-23(30)22(29)10-24(25)31/h6-11,15-17H,12-14H2,1-5H3/t16-,17+. The lowest BCUT2D eigenvalue weighted by Crippen LogP contribution is -2.58. The van der Waals surface area contributed by atoms with E-state index in [0.717, 1.165) is 5.69 Å². The summed E-state index contributed by atoms with van der Waals surface area (Å²) in [6, 6.07) is 10.4. The number of rotatable bonds is 6. The first kappa shape index (κ1) is 29.2. The van der Waals surface area contributed by atoms with E-state index in [2.05, 4.69) is 29.1 Å². The molecule has 4 aromatic rings. The van der Waals surface area contributed by atoms with Gasteiger partial charge in [0, 0.05) is 44.8 Å². The first-order valence-corrected chi connectivity index (χ1v) is 14.2. The normalized spacial score (nSPS) is 17.7. The number of piperazine rings is 1. The molecule has 0 unspecified atom stereocenters. The number of nitrogens with zero attached hydrogens (tertiary/aromatic N) is 7. The van der Waals surface area contributed by atoms with Crippen molar-refractivity contribution in [1.82, 2.24) is 34.2 Å². The monoisotopic (exact) mass is 617 g/mol. The zero-order valence-electron chi connectivity index (χ0n) is 23.3. The van der Waals surface area contributed by atoms with Gasteiger partial charge in [-0.3, -0.25) is 19.2 Å². The highest BCUT2D eigenvalue weighted by Crippen LogP contribution is 2.31. The Bertz CT molecular complexity index is 1670. The van der Waals surface area contributed by atoms with E-state index in [4.69, 9.17) is 39.5 Å². The zero-order chi connectivity index (χ0) is 29.6. The minimum atomic E-state index is -0.358. The van der Waals surface area contributed by atoms with Gasteiger partial charge < -0.3 is 9.64 Å². The number of hydrogen-bond acceptors (Lipinski definition) is 6. The molecule has 0 bridgehead atoms. The van der Waals surface area contributed by atoms with Gasteiger partial charge in [0.15, 0.2) is 0 Å². The topological polar surface area (TPSA) is 90.4 Å². The average molecular weight is 619 g/mol. The number of carbonyl (C=O) groups is 1. The van der Waals surface area contributed by atoms with Crippen molar-refractivity contribution in [2.75, 3.05) is 20.2 Å². The number of aromatic nitrogens is 5. The second-order valence-corrected chi connectivity index (χ2v) is 11.5. The van der Waals surface area contributed by atoms with Crippen molar-refractivity contribution < 1.29 is 9.53 Å². The van der Waals surface area contributed by atoms with E-state index >= 15 is 0 Å². The highest BCUT2D eigenvalue weighted by atomic mass is 35.5. The van der Waals surface area contributed by atoms with Crippen molar-refractivity contribution in [1.29, 1.82) is 0 Å². The maximum absolute atomic E-state index is 13.8. The number of amides is 1. The number of halogens is 3. The largest absolute Gasteiger partial charge is 0.497 e. The summed E-state index contributed by atoms with van der Waals surface area (Å²) < 4.78 is 10.1. The SMILES string of the molecule is COc1cccc(-n2c(=O)c(C(=O)N3C[C@@H](C)N(Cc4cn(-c5cc(Cl)c(Cl)cc5Cl)nn4)[C@@H](C)C3)c(C)n2C)c1. The first-order chi connectivity index (χ1) is 19.5. The average Bonchev–Trinajstić information content (AvgIpc) is 3.49. The van der Waals surface area contributed by atoms with Crippen molar-refractivity contribution in [3.8, 4) is 17.1 Å². The third-order valence-electron chi connectivity index (χ3n) is 7.58. The van der Waals surface area contributed by atoms with E-state index in [0.29, 0.717) is 57.5 Å². The summed E-state index contributed by atoms with van der Waals surface area (Å²) in [6.45, 7) is 7.35. The van der Waals surface area contributed by atoms with Crippen LogP contribution in [0, 0.1) is 6.92 Å². The molecule has 1 fully saturated rings. The minimum absolute atomic E-state index is 0.00560. The molecule has 0 N–H and O–H groups in total. The quantitative estimate of drug-likeness (QED) is 0.289. The molecule has 5 rings (SSSR count). The molecule has 1 amide bonds. The van der Waals surface area contributed by atoms with Crippen LogP contribution in [0.5, 0.6) is 5.75 Å². The summed E-state index contributed by atoms with van der Waals surface area (Å²) >= 11 is 18.6.